The monoisotopic (exact) mass is 242 g/mol. The van der Waals surface area contributed by atoms with E-state index in [0.717, 1.165) is 10.4 Å². The SMILES string of the molecule is CC(C)[Si](O)(c1ccccc1)c1ccccc1. The van der Waals surface area contributed by atoms with E-state index in [1.165, 1.54) is 0 Å². The van der Waals surface area contributed by atoms with Gasteiger partial charge in [0, 0.05) is 0 Å². The van der Waals surface area contributed by atoms with Crippen molar-refractivity contribution < 1.29 is 4.80 Å². The summed E-state index contributed by atoms with van der Waals surface area (Å²) in [5.41, 5.74) is 0.257. The van der Waals surface area contributed by atoms with Gasteiger partial charge in [-0.1, -0.05) is 74.5 Å². The lowest BCUT2D eigenvalue weighted by Crippen LogP contribution is -2.60. The fourth-order valence-electron chi connectivity index (χ4n) is 2.22. The van der Waals surface area contributed by atoms with Crippen molar-refractivity contribution >= 4 is 18.7 Å². The smallest absolute Gasteiger partial charge is 0.255 e. The molecule has 0 bridgehead atoms. The van der Waals surface area contributed by atoms with Crippen LogP contribution in [0.15, 0.2) is 60.7 Å². The van der Waals surface area contributed by atoms with E-state index in [9.17, 15) is 4.80 Å². The molecule has 2 rings (SSSR count). The summed E-state index contributed by atoms with van der Waals surface area (Å²) in [7, 11) is -2.58. The molecule has 0 atom stereocenters. The van der Waals surface area contributed by atoms with Crippen molar-refractivity contribution in [3.05, 3.63) is 60.7 Å². The third-order valence-corrected chi connectivity index (χ3v) is 7.36. The van der Waals surface area contributed by atoms with Gasteiger partial charge in [-0.2, -0.15) is 0 Å². The molecule has 1 N–H and O–H groups in total. The van der Waals surface area contributed by atoms with Crippen LogP contribution in [0.3, 0.4) is 0 Å². The van der Waals surface area contributed by atoms with E-state index in [2.05, 4.69) is 13.8 Å². The zero-order chi connectivity index (χ0) is 12.3. The molecular formula is C15H18OSi. The van der Waals surface area contributed by atoms with Gasteiger partial charge in [-0.3, -0.25) is 0 Å². The Morgan fingerprint density at radius 2 is 1.12 bits per heavy atom. The average molecular weight is 242 g/mol. The third-order valence-electron chi connectivity index (χ3n) is 3.26. The first-order valence-electron chi connectivity index (χ1n) is 5.99. The van der Waals surface area contributed by atoms with Gasteiger partial charge in [-0.05, 0) is 15.9 Å². The summed E-state index contributed by atoms with van der Waals surface area (Å²) in [6.45, 7) is 4.21. The largest absolute Gasteiger partial charge is 0.424 e. The average Bonchev–Trinajstić information content (AvgIpc) is 2.39. The highest BCUT2D eigenvalue weighted by molar-refractivity contribution is 6.97. The Labute approximate surface area is 104 Å². The molecule has 0 saturated carbocycles. The van der Waals surface area contributed by atoms with Crippen molar-refractivity contribution in [3.8, 4) is 0 Å². The molecule has 2 aromatic carbocycles. The van der Waals surface area contributed by atoms with Crippen molar-refractivity contribution in [2.75, 3.05) is 0 Å². The molecule has 0 spiro atoms. The predicted molar refractivity (Wildman–Crippen MR) is 75.2 cm³/mol. The van der Waals surface area contributed by atoms with Crippen LogP contribution in [0.1, 0.15) is 13.8 Å². The second kappa shape index (κ2) is 4.86. The van der Waals surface area contributed by atoms with Gasteiger partial charge in [0.15, 0.2) is 0 Å². The molecular weight excluding hydrogens is 224 g/mol. The van der Waals surface area contributed by atoms with E-state index >= 15 is 0 Å². The molecule has 0 saturated heterocycles. The van der Waals surface area contributed by atoms with Gasteiger partial charge in [0.25, 0.3) is 8.32 Å². The van der Waals surface area contributed by atoms with Crippen LogP contribution in [0.5, 0.6) is 0 Å². The molecule has 0 radical (unpaired) electrons. The Bertz CT molecular complexity index is 425. The lowest BCUT2D eigenvalue weighted by Gasteiger charge is -2.30. The number of rotatable bonds is 3. The number of benzene rings is 2. The Morgan fingerprint density at radius 1 is 0.765 bits per heavy atom. The van der Waals surface area contributed by atoms with E-state index in [1.54, 1.807) is 0 Å². The maximum absolute atomic E-state index is 11.2. The lowest BCUT2D eigenvalue weighted by molar-refractivity contribution is 0.549. The Kier molecular flexibility index (Phi) is 3.45. The molecule has 0 unspecified atom stereocenters. The highest BCUT2D eigenvalue weighted by atomic mass is 28.4. The normalized spacial score (nSPS) is 11.8. The molecule has 0 aliphatic rings. The first-order chi connectivity index (χ1) is 8.15. The van der Waals surface area contributed by atoms with Gasteiger partial charge < -0.3 is 4.80 Å². The van der Waals surface area contributed by atoms with Crippen LogP contribution < -0.4 is 10.4 Å². The second-order valence-electron chi connectivity index (χ2n) is 4.65. The highest BCUT2D eigenvalue weighted by Gasteiger charge is 2.38. The minimum atomic E-state index is -2.58. The minimum absolute atomic E-state index is 0.257. The van der Waals surface area contributed by atoms with Crippen molar-refractivity contribution in [1.82, 2.24) is 0 Å². The highest BCUT2D eigenvalue weighted by Crippen LogP contribution is 2.17. The van der Waals surface area contributed by atoms with Crippen molar-refractivity contribution in [2.24, 2.45) is 0 Å². The fraction of sp³-hybridized carbons (Fsp3) is 0.200. The van der Waals surface area contributed by atoms with Crippen LogP contribution in [0.4, 0.5) is 0 Å². The zero-order valence-corrected chi connectivity index (χ0v) is 11.3. The molecule has 17 heavy (non-hydrogen) atoms. The molecule has 0 heterocycles. The summed E-state index contributed by atoms with van der Waals surface area (Å²) in [6.07, 6.45) is 0. The first kappa shape index (κ1) is 12.1. The van der Waals surface area contributed by atoms with Gasteiger partial charge >= 0.3 is 0 Å². The molecule has 0 amide bonds. The van der Waals surface area contributed by atoms with Crippen LogP contribution in [-0.2, 0) is 0 Å². The topological polar surface area (TPSA) is 20.2 Å². The molecule has 0 aromatic heterocycles. The van der Waals surface area contributed by atoms with E-state index < -0.39 is 8.32 Å². The lowest BCUT2D eigenvalue weighted by atomic mass is 10.4. The van der Waals surface area contributed by atoms with Crippen molar-refractivity contribution in [3.63, 3.8) is 0 Å². The van der Waals surface area contributed by atoms with Crippen LogP contribution in [0.25, 0.3) is 0 Å². The van der Waals surface area contributed by atoms with Crippen molar-refractivity contribution in [2.45, 2.75) is 19.4 Å². The maximum atomic E-state index is 11.2. The van der Waals surface area contributed by atoms with E-state index in [0.29, 0.717) is 0 Å². The molecule has 1 nitrogen and oxygen atoms in total. The molecule has 2 aromatic rings. The van der Waals surface area contributed by atoms with Gasteiger partial charge in [0.1, 0.15) is 0 Å². The molecule has 88 valence electrons. The van der Waals surface area contributed by atoms with Gasteiger partial charge in [0.2, 0.25) is 0 Å². The zero-order valence-electron chi connectivity index (χ0n) is 10.3. The van der Waals surface area contributed by atoms with Crippen LogP contribution in [0, 0.1) is 0 Å². The van der Waals surface area contributed by atoms with Crippen LogP contribution in [-0.4, -0.2) is 13.1 Å². The summed E-state index contributed by atoms with van der Waals surface area (Å²) in [4.78, 5) is 11.2. The summed E-state index contributed by atoms with van der Waals surface area (Å²) in [6, 6.07) is 20.1. The third kappa shape index (κ3) is 2.19. The van der Waals surface area contributed by atoms with Gasteiger partial charge in [-0.15, -0.1) is 0 Å². The van der Waals surface area contributed by atoms with E-state index in [4.69, 9.17) is 0 Å². The Morgan fingerprint density at radius 3 is 1.41 bits per heavy atom. The summed E-state index contributed by atoms with van der Waals surface area (Å²) in [5, 5.41) is 2.17. The van der Waals surface area contributed by atoms with Gasteiger partial charge in [0.05, 0.1) is 0 Å². The minimum Gasteiger partial charge on any atom is -0.424 e. The molecule has 0 aliphatic carbocycles. The summed E-state index contributed by atoms with van der Waals surface area (Å²) in [5.74, 6) is 0. The number of hydrogen-bond acceptors (Lipinski definition) is 1. The Hall–Kier alpha value is -1.38. The van der Waals surface area contributed by atoms with E-state index in [1.807, 2.05) is 60.7 Å². The van der Waals surface area contributed by atoms with Gasteiger partial charge in [-0.25, -0.2) is 0 Å². The van der Waals surface area contributed by atoms with Crippen molar-refractivity contribution in [1.29, 1.82) is 0 Å². The van der Waals surface area contributed by atoms with E-state index in [-0.39, 0.29) is 5.54 Å². The molecule has 0 fully saturated rings. The standard InChI is InChI=1S/C15H18OSi/c1-13(2)17(16,14-9-5-3-6-10-14)15-11-7-4-8-12-15/h3-13,16H,1-2H3. The van der Waals surface area contributed by atoms with Crippen LogP contribution in [0.2, 0.25) is 5.54 Å². The Balaban J connectivity index is 2.55. The second-order valence-corrected chi connectivity index (χ2v) is 8.50. The number of hydrogen-bond donors (Lipinski definition) is 1. The molecule has 2 heteroatoms. The van der Waals surface area contributed by atoms with Crippen LogP contribution >= 0.6 is 0 Å². The summed E-state index contributed by atoms with van der Waals surface area (Å²) >= 11 is 0. The summed E-state index contributed by atoms with van der Waals surface area (Å²) < 4.78 is 0. The fourth-order valence-corrected chi connectivity index (χ4v) is 5.29. The first-order valence-corrected chi connectivity index (χ1v) is 8.01. The predicted octanol–water partition coefficient (Wildman–Crippen LogP) is 2.15. The molecule has 0 aliphatic heterocycles. The maximum Gasteiger partial charge on any atom is 0.255 e. The quantitative estimate of drug-likeness (QED) is 0.818.